The first-order valence-electron chi connectivity index (χ1n) is 38.1. The van der Waals surface area contributed by atoms with E-state index >= 15 is 0 Å². The predicted octanol–water partition coefficient (Wildman–Crippen LogP) is 16.3. The molecule has 12 atom stereocenters. The summed E-state index contributed by atoms with van der Waals surface area (Å²) in [6.07, 6.45) is 59.8. The SMILES string of the molecule is CCCCCCCCCCCCCCCC/C=C/CC/C=C/C(O)C(COC1OC(CO)C(OC2OC(CO)C(O)C(O)C2O)C(O)C1O)NC(=O)CCCCCCCCCCCCCCCCCCCCCCCCCCCCCCCCCCCCC. The smallest absolute Gasteiger partial charge is 0.220 e. The van der Waals surface area contributed by atoms with Crippen LogP contribution < -0.4 is 5.32 Å². The second-order valence-corrected chi connectivity index (χ2v) is 27.1. The lowest BCUT2D eigenvalue weighted by atomic mass is 9.97. The molecule has 2 aliphatic rings. The van der Waals surface area contributed by atoms with Gasteiger partial charge in [-0.1, -0.05) is 340 Å². The number of hydrogen-bond donors (Lipinski definition) is 9. The zero-order valence-electron chi connectivity index (χ0n) is 57.5. The maximum absolute atomic E-state index is 13.3. The van der Waals surface area contributed by atoms with Gasteiger partial charge in [0.1, 0.15) is 48.8 Å². The summed E-state index contributed by atoms with van der Waals surface area (Å²) in [6.45, 7) is 2.84. The summed E-state index contributed by atoms with van der Waals surface area (Å²) in [4.78, 5) is 13.3. The largest absolute Gasteiger partial charge is 0.394 e. The molecular formula is C75H143NO13. The van der Waals surface area contributed by atoms with Crippen molar-refractivity contribution in [2.45, 2.75) is 428 Å². The van der Waals surface area contributed by atoms with E-state index in [1.54, 1.807) is 6.08 Å². The second kappa shape index (κ2) is 60.2. The van der Waals surface area contributed by atoms with Crippen LogP contribution in [0, 0.1) is 0 Å². The van der Waals surface area contributed by atoms with E-state index in [9.17, 15) is 45.6 Å². The first kappa shape index (κ1) is 83.6. The van der Waals surface area contributed by atoms with Gasteiger partial charge in [0.2, 0.25) is 5.91 Å². The van der Waals surface area contributed by atoms with Crippen LogP contribution in [0.4, 0.5) is 0 Å². The Labute approximate surface area is 545 Å². The van der Waals surface area contributed by atoms with Crippen molar-refractivity contribution in [1.29, 1.82) is 0 Å². The molecular weight excluding hydrogens is 1120 g/mol. The molecule has 14 nitrogen and oxygen atoms in total. The fourth-order valence-electron chi connectivity index (χ4n) is 12.8. The number of rotatable bonds is 64. The number of amides is 1. The van der Waals surface area contributed by atoms with E-state index in [-0.39, 0.29) is 18.9 Å². The number of carbonyl (C=O) groups excluding carboxylic acids is 1. The first-order chi connectivity index (χ1) is 43.6. The van der Waals surface area contributed by atoms with E-state index in [0.717, 1.165) is 32.1 Å². The van der Waals surface area contributed by atoms with Crippen LogP contribution in [0.3, 0.4) is 0 Å². The molecule has 89 heavy (non-hydrogen) atoms. The number of carbonyl (C=O) groups is 1. The van der Waals surface area contributed by atoms with Gasteiger partial charge in [0.25, 0.3) is 0 Å². The summed E-state index contributed by atoms with van der Waals surface area (Å²) in [5, 5.41) is 87.5. The maximum Gasteiger partial charge on any atom is 0.220 e. The predicted molar refractivity (Wildman–Crippen MR) is 365 cm³/mol. The Kier molecular flexibility index (Phi) is 56.5. The van der Waals surface area contributed by atoms with Gasteiger partial charge in [-0.05, 0) is 32.1 Å². The second-order valence-electron chi connectivity index (χ2n) is 27.1. The van der Waals surface area contributed by atoms with Crippen LogP contribution in [-0.2, 0) is 23.7 Å². The van der Waals surface area contributed by atoms with Gasteiger partial charge in [0.05, 0.1) is 32.0 Å². The number of unbranched alkanes of at least 4 members (excludes halogenated alkanes) is 49. The lowest BCUT2D eigenvalue weighted by molar-refractivity contribution is -0.359. The molecule has 2 heterocycles. The molecule has 14 heteroatoms. The van der Waals surface area contributed by atoms with Gasteiger partial charge in [0, 0.05) is 6.42 Å². The summed E-state index contributed by atoms with van der Waals surface area (Å²) in [5.41, 5.74) is 0. The molecule has 2 fully saturated rings. The average molecular weight is 1270 g/mol. The molecule has 0 aromatic heterocycles. The highest BCUT2D eigenvalue weighted by Crippen LogP contribution is 2.30. The molecule has 526 valence electrons. The molecule has 0 aromatic rings. The Morgan fingerprint density at radius 3 is 1.10 bits per heavy atom. The minimum atomic E-state index is -1.79. The number of aliphatic hydroxyl groups excluding tert-OH is 8. The van der Waals surface area contributed by atoms with Crippen LogP contribution in [0.15, 0.2) is 24.3 Å². The van der Waals surface area contributed by atoms with Gasteiger partial charge in [-0.25, -0.2) is 0 Å². The van der Waals surface area contributed by atoms with E-state index in [2.05, 4.69) is 31.3 Å². The van der Waals surface area contributed by atoms with Crippen LogP contribution in [0.1, 0.15) is 354 Å². The molecule has 9 N–H and O–H groups in total. The molecule has 0 spiro atoms. The molecule has 1 amide bonds. The van der Waals surface area contributed by atoms with Crippen LogP contribution in [0.25, 0.3) is 0 Å². The third kappa shape index (κ3) is 44.0. The third-order valence-electron chi connectivity index (χ3n) is 18.9. The lowest BCUT2D eigenvalue weighted by Crippen LogP contribution is -2.65. The number of allylic oxidation sites excluding steroid dienone is 3. The number of aliphatic hydroxyl groups is 8. The van der Waals surface area contributed by atoms with Crippen molar-refractivity contribution in [1.82, 2.24) is 5.32 Å². The van der Waals surface area contributed by atoms with Crippen molar-refractivity contribution in [2.24, 2.45) is 0 Å². The van der Waals surface area contributed by atoms with Crippen molar-refractivity contribution in [3.63, 3.8) is 0 Å². The third-order valence-corrected chi connectivity index (χ3v) is 18.9. The molecule has 0 aromatic carbocycles. The quantitative estimate of drug-likeness (QED) is 0.0204. The van der Waals surface area contributed by atoms with Gasteiger partial charge >= 0.3 is 0 Å². The molecule has 2 saturated heterocycles. The van der Waals surface area contributed by atoms with E-state index < -0.39 is 86.8 Å². The van der Waals surface area contributed by atoms with Crippen molar-refractivity contribution in [3.8, 4) is 0 Å². The summed E-state index contributed by atoms with van der Waals surface area (Å²) in [6, 6.07) is -0.929. The van der Waals surface area contributed by atoms with Crippen molar-refractivity contribution >= 4 is 5.91 Å². The first-order valence-corrected chi connectivity index (χ1v) is 38.1. The standard InChI is InChI=1S/C75H143NO13/c1-3-5-7-9-11-13-15-17-19-21-23-25-26-27-28-29-30-31-32-33-34-35-36-37-38-39-41-43-45-47-49-51-53-55-57-59-67(80)76-63(64(79)58-56-54-52-50-48-46-44-42-40-24-22-20-18-16-14-12-10-8-6-4-2)62-86-74-72(85)70(83)73(66(61-78)88-74)89-75-71(84)69(82)68(81)65(60-77)87-75/h48,50,56,58,63-66,68-75,77-79,81-85H,3-47,49,51-55,57,59-62H2,1-2H3,(H,76,80)/b50-48+,58-56+. The molecule has 2 aliphatic heterocycles. The minimum Gasteiger partial charge on any atom is -0.394 e. The van der Waals surface area contributed by atoms with Crippen LogP contribution in [0.2, 0.25) is 0 Å². The van der Waals surface area contributed by atoms with Crippen molar-refractivity contribution in [3.05, 3.63) is 24.3 Å². The minimum absolute atomic E-state index is 0.241. The van der Waals surface area contributed by atoms with Crippen LogP contribution >= 0.6 is 0 Å². The van der Waals surface area contributed by atoms with E-state index in [0.29, 0.717) is 12.8 Å². The Balaban J connectivity index is 1.61. The molecule has 0 radical (unpaired) electrons. The summed E-state index contributed by atoms with van der Waals surface area (Å²) < 4.78 is 22.9. The number of nitrogens with one attached hydrogen (secondary N) is 1. The highest BCUT2D eigenvalue weighted by molar-refractivity contribution is 5.76. The fraction of sp³-hybridized carbons (Fsp3) is 0.933. The molecule has 2 rings (SSSR count). The zero-order valence-corrected chi connectivity index (χ0v) is 57.5. The molecule has 0 saturated carbocycles. The highest BCUT2D eigenvalue weighted by atomic mass is 16.7. The van der Waals surface area contributed by atoms with Gasteiger partial charge in [0.15, 0.2) is 12.6 Å². The molecule has 12 unspecified atom stereocenters. The normalized spacial score (nSPS) is 23.1. The molecule has 0 bridgehead atoms. The van der Waals surface area contributed by atoms with Crippen molar-refractivity contribution < 1.29 is 64.6 Å². The highest BCUT2D eigenvalue weighted by Gasteiger charge is 2.51. The van der Waals surface area contributed by atoms with E-state index in [4.69, 9.17) is 18.9 Å². The van der Waals surface area contributed by atoms with Crippen LogP contribution in [0.5, 0.6) is 0 Å². The maximum atomic E-state index is 13.3. The van der Waals surface area contributed by atoms with Crippen LogP contribution in [-0.4, -0.2) is 140 Å². The topological polar surface area (TPSA) is 228 Å². The number of ether oxygens (including phenoxy) is 4. The Bertz CT molecular complexity index is 1590. The average Bonchev–Trinajstić information content (AvgIpc) is 3.62. The van der Waals surface area contributed by atoms with Gasteiger partial charge in [-0.15, -0.1) is 0 Å². The monoisotopic (exact) mass is 1270 g/mol. The number of hydrogen-bond acceptors (Lipinski definition) is 13. The van der Waals surface area contributed by atoms with E-state index in [1.165, 1.54) is 289 Å². The fourth-order valence-corrected chi connectivity index (χ4v) is 12.8. The summed E-state index contributed by atoms with van der Waals surface area (Å²) in [7, 11) is 0. The van der Waals surface area contributed by atoms with Gasteiger partial charge < -0.3 is 65.1 Å². The van der Waals surface area contributed by atoms with Gasteiger partial charge in [-0.2, -0.15) is 0 Å². The Morgan fingerprint density at radius 1 is 0.393 bits per heavy atom. The zero-order chi connectivity index (χ0) is 64.5. The van der Waals surface area contributed by atoms with E-state index in [1.807, 2.05) is 6.08 Å². The lowest BCUT2D eigenvalue weighted by Gasteiger charge is -2.46. The Hall–Kier alpha value is -1.53. The summed E-state index contributed by atoms with van der Waals surface area (Å²) >= 11 is 0. The molecule has 0 aliphatic carbocycles. The van der Waals surface area contributed by atoms with Gasteiger partial charge in [-0.3, -0.25) is 4.79 Å². The summed E-state index contributed by atoms with van der Waals surface area (Å²) in [5.74, 6) is -0.241. The Morgan fingerprint density at radius 2 is 0.719 bits per heavy atom. The van der Waals surface area contributed by atoms with Crippen molar-refractivity contribution in [2.75, 3.05) is 19.8 Å².